The zero-order valence-electron chi connectivity index (χ0n) is 8.94. The Hall–Kier alpha value is -0.510. The Morgan fingerprint density at radius 3 is 2.75 bits per heavy atom. The van der Waals surface area contributed by atoms with E-state index in [1.165, 1.54) is 18.4 Å². The first-order valence-corrected chi connectivity index (χ1v) is 5.20. The molecule has 5 heteroatoms. The van der Waals surface area contributed by atoms with Crippen LogP contribution in [0.3, 0.4) is 0 Å². The van der Waals surface area contributed by atoms with Crippen molar-refractivity contribution < 1.29 is 4.74 Å². The number of aromatic nitrogens is 1. The first kappa shape index (κ1) is 13.6. The van der Waals surface area contributed by atoms with Crippen LogP contribution in [-0.2, 0) is 5.41 Å². The number of halogens is 2. The number of pyridine rings is 1. The molecule has 3 heterocycles. The van der Waals surface area contributed by atoms with Gasteiger partial charge in [0.15, 0.2) is 0 Å². The number of ether oxygens (including phenoxy) is 1. The fraction of sp³-hybridized carbons (Fsp3) is 0.545. The molecular formula is C11H16Cl2N2O. The number of hydrogen-bond donors (Lipinski definition) is 1. The van der Waals surface area contributed by atoms with Gasteiger partial charge in [0.05, 0.1) is 6.61 Å². The van der Waals surface area contributed by atoms with E-state index in [0.717, 1.165) is 25.6 Å². The highest BCUT2D eigenvalue weighted by molar-refractivity contribution is 5.85. The Kier molecular flexibility index (Phi) is 4.42. The second kappa shape index (κ2) is 5.21. The Balaban J connectivity index is 0.000000640. The summed E-state index contributed by atoms with van der Waals surface area (Å²) in [4.78, 5) is 4.27. The lowest BCUT2D eigenvalue weighted by Gasteiger charge is -2.32. The number of nitrogens with zero attached hydrogens (tertiary/aromatic N) is 1. The molecule has 90 valence electrons. The van der Waals surface area contributed by atoms with Gasteiger partial charge in [0, 0.05) is 17.2 Å². The topological polar surface area (TPSA) is 34.2 Å². The highest BCUT2D eigenvalue weighted by atomic mass is 35.5. The van der Waals surface area contributed by atoms with Gasteiger partial charge in [0.25, 0.3) is 0 Å². The zero-order valence-corrected chi connectivity index (χ0v) is 10.6. The molecule has 1 spiro atoms. The van der Waals surface area contributed by atoms with Crippen molar-refractivity contribution >= 4 is 24.8 Å². The molecule has 0 amide bonds. The van der Waals surface area contributed by atoms with Gasteiger partial charge in [0.1, 0.15) is 0 Å². The first-order valence-electron chi connectivity index (χ1n) is 5.20. The molecule has 0 saturated carbocycles. The Morgan fingerprint density at radius 2 is 2.00 bits per heavy atom. The molecule has 0 aromatic carbocycles. The molecule has 3 nitrogen and oxygen atoms in total. The van der Waals surface area contributed by atoms with Crippen molar-refractivity contribution in [1.82, 2.24) is 10.3 Å². The van der Waals surface area contributed by atoms with Crippen molar-refractivity contribution in [2.45, 2.75) is 18.3 Å². The van der Waals surface area contributed by atoms with Crippen LogP contribution in [0, 0.1) is 0 Å². The van der Waals surface area contributed by atoms with Crippen molar-refractivity contribution in [3.8, 4) is 5.88 Å². The third-order valence-electron chi connectivity index (χ3n) is 3.39. The molecule has 1 aromatic heterocycles. The molecule has 1 saturated heterocycles. The summed E-state index contributed by atoms with van der Waals surface area (Å²) in [6.45, 7) is 3.01. The minimum Gasteiger partial charge on any atom is -0.476 e. The highest BCUT2D eigenvalue weighted by Crippen LogP contribution is 2.42. The normalized spacial score (nSPS) is 20.2. The summed E-state index contributed by atoms with van der Waals surface area (Å²) in [7, 11) is 0. The molecular weight excluding hydrogens is 247 g/mol. The van der Waals surface area contributed by atoms with Gasteiger partial charge in [-0.3, -0.25) is 0 Å². The maximum absolute atomic E-state index is 5.65. The number of rotatable bonds is 0. The Labute approximate surface area is 108 Å². The van der Waals surface area contributed by atoms with Crippen LogP contribution in [0.5, 0.6) is 5.88 Å². The van der Waals surface area contributed by atoms with E-state index in [1.54, 1.807) is 6.20 Å². The van der Waals surface area contributed by atoms with Gasteiger partial charge < -0.3 is 10.1 Å². The van der Waals surface area contributed by atoms with E-state index < -0.39 is 0 Å². The third kappa shape index (κ3) is 1.99. The monoisotopic (exact) mass is 262 g/mol. The van der Waals surface area contributed by atoms with Crippen molar-refractivity contribution in [2.24, 2.45) is 0 Å². The average molecular weight is 263 g/mol. The summed E-state index contributed by atoms with van der Waals surface area (Å²) in [6, 6.07) is 4.18. The average Bonchev–Trinajstić information content (AvgIpc) is 2.60. The number of hydrogen-bond acceptors (Lipinski definition) is 3. The molecule has 1 fully saturated rings. The van der Waals surface area contributed by atoms with Crippen LogP contribution in [0.25, 0.3) is 0 Å². The van der Waals surface area contributed by atoms with Crippen LogP contribution in [-0.4, -0.2) is 24.7 Å². The van der Waals surface area contributed by atoms with Gasteiger partial charge in [-0.15, -0.1) is 24.8 Å². The van der Waals surface area contributed by atoms with Crippen molar-refractivity contribution in [2.75, 3.05) is 19.7 Å². The molecule has 0 unspecified atom stereocenters. The number of nitrogens with one attached hydrogen (secondary N) is 1. The maximum atomic E-state index is 5.65. The molecule has 0 bridgehead atoms. The predicted octanol–water partition coefficient (Wildman–Crippen LogP) is 1.94. The maximum Gasteiger partial charge on any atom is 0.217 e. The van der Waals surface area contributed by atoms with Crippen LogP contribution < -0.4 is 10.1 Å². The van der Waals surface area contributed by atoms with Crippen molar-refractivity contribution in [3.63, 3.8) is 0 Å². The third-order valence-corrected chi connectivity index (χ3v) is 3.39. The summed E-state index contributed by atoms with van der Waals surface area (Å²) in [5.41, 5.74) is 1.58. The van der Waals surface area contributed by atoms with E-state index in [0.29, 0.717) is 0 Å². The van der Waals surface area contributed by atoms with Crippen LogP contribution in [0.15, 0.2) is 18.3 Å². The van der Waals surface area contributed by atoms with E-state index in [2.05, 4.69) is 16.4 Å². The second-order valence-corrected chi connectivity index (χ2v) is 4.18. The fourth-order valence-electron chi connectivity index (χ4n) is 2.51. The number of fused-ring (bicyclic) bond motifs is 2. The van der Waals surface area contributed by atoms with Gasteiger partial charge in [-0.05, 0) is 32.0 Å². The Bertz CT molecular complexity index is 348. The van der Waals surface area contributed by atoms with Crippen molar-refractivity contribution in [3.05, 3.63) is 23.9 Å². The number of piperidine rings is 1. The fourth-order valence-corrected chi connectivity index (χ4v) is 2.51. The second-order valence-electron chi connectivity index (χ2n) is 4.18. The highest BCUT2D eigenvalue weighted by Gasteiger charge is 2.41. The first-order chi connectivity index (χ1) is 6.91. The van der Waals surface area contributed by atoms with E-state index in [4.69, 9.17) is 4.74 Å². The van der Waals surface area contributed by atoms with Crippen LogP contribution in [0.2, 0.25) is 0 Å². The quantitative estimate of drug-likeness (QED) is 0.776. The minimum absolute atomic E-state index is 0. The lowest BCUT2D eigenvalue weighted by molar-refractivity contribution is 0.217. The molecule has 1 N–H and O–H groups in total. The lowest BCUT2D eigenvalue weighted by atomic mass is 9.75. The summed E-state index contributed by atoms with van der Waals surface area (Å²) in [5, 5.41) is 3.39. The summed E-state index contributed by atoms with van der Waals surface area (Å²) in [6.07, 6.45) is 4.15. The van der Waals surface area contributed by atoms with Gasteiger partial charge in [-0.1, -0.05) is 6.07 Å². The van der Waals surface area contributed by atoms with Gasteiger partial charge in [0.2, 0.25) is 5.88 Å². The molecule has 2 aliphatic rings. The molecule has 16 heavy (non-hydrogen) atoms. The van der Waals surface area contributed by atoms with Crippen LogP contribution in [0.1, 0.15) is 18.4 Å². The molecule has 3 rings (SSSR count). The van der Waals surface area contributed by atoms with E-state index in [1.807, 2.05) is 6.07 Å². The summed E-state index contributed by atoms with van der Waals surface area (Å²) in [5.74, 6) is 0.856. The van der Waals surface area contributed by atoms with E-state index in [-0.39, 0.29) is 30.2 Å². The van der Waals surface area contributed by atoms with Gasteiger partial charge >= 0.3 is 0 Å². The molecule has 2 aliphatic heterocycles. The van der Waals surface area contributed by atoms with Gasteiger partial charge in [-0.25, -0.2) is 4.98 Å². The van der Waals surface area contributed by atoms with E-state index in [9.17, 15) is 0 Å². The van der Waals surface area contributed by atoms with Crippen molar-refractivity contribution in [1.29, 1.82) is 0 Å². The summed E-state index contributed by atoms with van der Waals surface area (Å²) < 4.78 is 5.65. The smallest absolute Gasteiger partial charge is 0.217 e. The molecule has 0 radical (unpaired) electrons. The summed E-state index contributed by atoms with van der Waals surface area (Å²) >= 11 is 0. The van der Waals surface area contributed by atoms with Gasteiger partial charge in [-0.2, -0.15) is 0 Å². The van der Waals surface area contributed by atoms with Crippen LogP contribution in [0.4, 0.5) is 0 Å². The molecule has 0 aliphatic carbocycles. The standard InChI is InChI=1S/C11H14N2O.2ClH/c1-2-9-10(13-5-1)14-8-11(9)3-6-12-7-4-11;;/h1-2,5,12H,3-4,6-8H2;2*1H. The van der Waals surface area contributed by atoms with Crippen LogP contribution >= 0.6 is 24.8 Å². The SMILES string of the molecule is Cl.Cl.c1cnc2c(c1)C1(CCNCC1)CO2. The lowest BCUT2D eigenvalue weighted by Crippen LogP contribution is -2.40. The Morgan fingerprint density at radius 1 is 1.25 bits per heavy atom. The molecule has 0 atom stereocenters. The molecule has 1 aromatic rings. The largest absolute Gasteiger partial charge is 0.476 e. The minimum atomic E-state index is 0. The zero-order chi connectivity index (χ0) is 9.43. The van der Waals surface area contributed by atoms with E-state index >= 15 is 0 Å². The predicted molar refractivity (Wildman–Crippen MR) is 68.0 cm³/mol.